The lowest BCUT2D eigenvalue weighted by molar-refractivity contribution is -0.164. The lowest BCUT2D eigenvalue weighted by atomic mass is 10.1. The maximum atomic E-state index is 13.5. The van der Waals surface area contributed by atoms with Gasteiger partial charge in [0.15, 0.2) is 6.04 Å². The molecule has 7 heteroatoms. The van der Waals surface area contributed by atoms with Crippen LogP contribution in [0.2, 0.25) is 0 Å². The zero-order valence-electron chi connectivity index (χ0n) is 11.3. The van der Waals surface area contributed by atoms with E-state index in [2.05, 4.69) is 0 Å². The van der Waals surface area contributed by atoms with Gasteiger partial charge < -0.3 is 10.2 Å². The van der Waals surface area contributed by atoms with Gasteiger partial charge in [0.1, 0.15) is 5.82 Å². The molecule has 0 aromatic heterocycles. The number of rotatable bonds is 5. The summed E-state index contributed by atoms with van der Waals surface area (Å²) in [5.74, 6) is -1.71. The van der Waals surface area contributed by atoms with Gasteiger partial charge in [0.05, 0.1) is 0 Å². The average Bonchev–Trinajstić information content (AvgIpc) is 2.34. The first kappa shape index (κ1) is 15.8. The molecule has 0 saturated carbocycles. The minimum Gasteiger partial charge on any atom is -0.341 e. The van der Waals surface area contributed by atoms with E-state index in [9.17, 15) is 22.4 Å². The van der Waals surface area contributed by atoms with Crippen LogP contribution in [0.15, 0.2) is 24.3 Å². The molecule has 1 fully saturated rings. The molecule has 0 spiro atoms. The van der Waals surface area contributed by atoms with Gasteiger partial charge in [-0.1, -0.05) is 18.2 Å². The van der Waals surface area contributed by atoms with Crippen molar-refractivity contribution in [3.8, 4) is 0 Å². The molecule has 1 amide bonds. The number of amides is 1. The monoisotopic (exact) mass is 304 g/mol. The normalized spacial score (nSPS) is 17.1. The van der Waals surface area contributed by atoms with Crippen LogP contribution in [0, 0.1) is 5.82 Å². The summed E-state index contributed by atoms with van der Waals surface area (Å²) >= 11 is 0. The Morgan fingerprint density at radius 1 is 1.29 bits per heavy atom. The van der Waals surface area contributed by atoms with E-state index >= 15 is 0 Å². The third kappa shape index (κ3) is 4.17. The molecule has 116 valence electrons. The molecule has 1 N–H and O–H groups in total. The molecule has 0 bridgehead atoms. The van der Waals surface area contributed by atoms with Crippen molar-refractivity contribution in [3.05, 3.63) is 35.6 Å². The standard InChI is InChI=1S/C14H16F4N2O/c15-11-5-2-1-4-10(11)13(14(16,17)18)19-12(21)6-9-20-7-3-8-20/h1-2,4-5,13H,3,6-9H2,(H,19,21)/t13-/m0/s1. The van der Waals surface area contributed by atoms with Crippen molar-refractivity contribution in [3.63, 3.8) is 0 Å². The second kappa shape index (κ2) is 6.43. The summed E-state index contributed by atoms with van der Waals surface area (Å²) in [5.41, 5.74) is -0.567. The highest BCUT2D eigenvalue weighted by Crippen LogP contribution is 2.33. The van der Waals surface area contributed by atoms with E-state index in [0.29, 0.717) is 6.54 Å². The summed E-state index contributed by atoms with van der Waals surface area (Å²) in [6.45, 7) is 2.15. The maximum Gasteiger partial charge on any atom is 0.412 e. The predicted molar refractivity (Wildman–Crippen MR) is 69.0 cm³/mol. The van der Waals surface area contributed by atoms with Gasteiger partial charge in [-0.15, -0.1) is 0 Å². The minimum absolute atomic E-state index is 0.0268. The second-order valence-electron chi connectivity index (χ2n) is 5.01. The molecule has 3 nitrogen and oxygen atoms in total. The molecule has 0 unspecified atom stereocenters. The molecule has 1 aliphatic heterocycles. The number of carbonyl (C=O) groups is 1. The molecule has 0 radical (unpaired) electrons. The Kier molecular flexibility index (Phi) is 4.82. The Balaban J connectivity index is 2.03. The van der Waals surface area contributed by atoms with Crippen LogP contribution in [-0.2, 0) is 4.79 Å². The highest BCUT2D eigenvalue weighted by molar-refractivity contribution is 5.76. The fourth-order valence-electron chi connectivity index (χ4n) is 2.14. The zero-order valence-corrected chi connectivity index (χ0v) is 11.3. The van der Waals surface area contributed by atoms with E-state index in [1.807, 2.05) is 10.2 Å². The van der Waals surface area contributed by atoms with Gasteiger partial charge in [-0.2, -0.15) is 13.2 Å². The van der Waals surface area contributed by atoms with Crippen molar-refractivity contribution >= 4 is 5.91 Å². The fraction of sp³-hybridized carbons (Fsp3) is 0.500. The zero-order chi connectivity index (χ0) is 15.5. The third-order valence-electron chi connectivity index (χ3n) is 3.45. The van der Waals surface area contributed by atoms with Gasteiger partial charge in [0.2, 0.25) is 5.91 Å². The second-order valence-corrected chi connectivity index (χ2v) is 5.01. The van der Waals surface area contributed by atoms with E-state index in [1.165, 1.54) is 12.1 Å². The van der Waals surface area contributed by atoms with Gasteiger partial charge in [0.25, 0.3) is 0 Å². The number of alkyl halides is 3. The van der Waals surface area contributed by atoms with Gasteiger partial charge in [0, 0.05) is 18.5 Å². The molecule has 1 aromatic carbocycles. The highest BCUT2D eigenvalue weighted by Gasteiger charge is 2.43. The van der Waals surface area contributed by atoms with E-state index in [0.717, 1.165) is 31.6 Å². The van der Waals surface area contributed by atoms with Crippen molar-refractivity contribution in [2.45, 2.75) is 25.1 Å². The number of likely N-dealkylation sites (tertiary alicyclic amines) is 1. The number of hydrogen-bond acceptors (Lipinski definition) is 2. The summed E-state index contributed by atoms with van der Waals surface area (Å²) < 4.78 is 52.6. The van der Waals surface area contributed by atoms with Gasteiger partial charge >= 0.3 is 6.18 Å². The topological polar surface area (TPSA) is 32.3 Å². The van der Waals surface area contributed by atoms with Crippen molar-refractivity contribution in [1.29, 1.82) is 0 Å². The third-order valence-corrected chi connectivity index (χ3v) is 3.45. The first-order valence-electron chi connectivity index (χ1n) is 6.71. The first-order valence-corrected chi connectivity index (χ1v) is 6.71. The Labute approximate surface area is 119 Å². The summed E-state index contributed by atoms with van der Waals surface area (Å²) in [6, 6.07) is 2.27. The van der Waals surface area contributed by atoms with Crippen LogP contribution < -0.4 is 5.32 Å². The molecule has 2 rings (SSSR count). The molecular formula is C14H16F4N2O. The summed E-state index contributed by atoms with van der Waals surface area (Å²) in [7, 11) is 0. The Bertz CT molecular complexity index is 500. The maximum absolute atomic E-state index is 13.5. The molecule has 0 aliphatic carbocycles. The Morgan fingerprint density at radius 3 is 2.48 bits per heavy atom. The number of nitrogens with one attached hydrogen (secondary N) is 1. The molecule has 1 aliphatic rings. The summed E-state index contributed by atoms with van der Waals surface area (Å²) in [6.07, 6.45) is -3.72. The lowest BCUT2D eigenvalue weighted by Gasteiger charge is -2.30. The summed E-state index contributed by atoms with van der Waals surface area (Å²) in [4.78, 5) is 13.6. The molecule has 21 heavy (non-hydrogen) atoms. The fourth-order valence-corrected chi connectivity index (χ4v) is 2.14. The van der Waals surface area contributed by atoms with Crippen LogP contribution in [-0.4, -0.2) is 36.6 Å². The van der Waals surface area contributed by atoms with Gasteiger partial charge in [-0.3, -0.25) is 4.79 Å². The van der Waals surface area contributed by atoms with Gasteiger partial charge in [-0.05, 0) is 25.6 Å². The van der Waals surface area contributed by atoms with E-state index in [4.69, 9.17) is 0 Å². The lowest BCUT2D eigenvalue weighted by Crippen LogP contribution is -2.42. The largest absolute Gasteiger partial charge is 0.412 e. The molecular weight excluding hydrogens is 288 g/mol. The highest BCUT2D eigenvalue weighted by atomic mass is 19.4. The van der Waals surface area contributed by atoms with Crippen LogP contribution in [0.1, 0.15) is 24.4 Å². The molecule has 1 saturated heterocycles. The predicted octanol–water partition coefficient (Wildman–Crippen LogP) is 2.64. The Hall–Kier alpha value is -1.63. The number of carbonyl (C=O) groups excluding carboxylic acids is 1. The number of benzene rings is 1. The van der Waals surface area contributed by atoms with Crippen LogP contribution in [0.5, 0.6) is 0 Å². The average molecular weight is 304 g/mol. The van der Waals surface area contributed by atoms with E-state index in [-0.39, 0.29) is 6.42 Å². The molecule has 1 atom stereocenters. The SMILES string of the molecule is O=C(CCN1CCC1)N[C@@H](c1ccccc1F)C(F)(F)F. The van der Waals surface area contributed by atoms with Crippen LogP contribution in [0.25, 0.3) is 0 Å². The molecule has 1 aromatic rings. The van der Waals surface area contributed by atoms with Gasteiger partial charge in [-0.25, -0.2) is 4.39 Å². The van der Waals surface area contributed by atoms with Crippen molar-refractivity contribution in [2.24, 2.45) is 0 Å². The van der Waals surface area contributed by atoms with Crippen LogP contribution >= 0.6 is 0 Å². The van der Waals surface area contributed by atoms with Crippen molar-refractivity contribution in [1.82, 2.24) is 10.2 Å². The van der Waals surface area contributed by atoms with Crippen LogP contribution in [0.4, 0.5) is 17.6 Å². The number of nitrogens with zero attached hydrogens (tertiary/aromatic N) is 1. The number of hydrogen-bond donors (Lipinski definition) is 1. The Morgan fingerprint density at radius 2 is 1.95 bits per heavy atom. The van der Waals surface area contributed by atoms with E-state index in [1.54, 1.807) is 0 Å². The quantitative estimate of drug-likeness (QED) is 0.848. The van der Waals surface area contributed by atoms with Crippen molar-refractivity contribution < 1.29 is 22.4 Å². The first-order chi connectivity index (χ1) is 9.88. The summed E-state index contributed by atoms with van der Waals surface area (Å²) in [5, 5.41) is 1.89. The smallest absolute Gasteiger partial charge is 0.341 e. The minimum atomic E-state index is -4.74. The van der Waals surface area contributed by atoms with E-state index < -0.39 is 29.5 Å². The molecule has 1 heterocycles. The van der Waals surface area contributed by atoms with Crippen LogP contribution in [0.3, 0.4) is 0 Å². The van der Waals surface area contributed by atoms with Crippen molar-refractivity contribution in [2.75, 3.05) is 19.6 Å². The number of halogens is 4.